The topological polar surface area (TPSA) is 3.24 Å². The van der Waals surface area contributed by atoms with Gasteiger partial charge in [0.05, 0.1) is 26.2 Å². The Labute approximate surface area is 461 Å². The Bertz CT molecular complexity index is 3960. The molecule has 0 aromatic heterocycles. The van der Waals surface area contributed by atoms with Gasteiger partial charge in [0.2, 0.25) is 0 Å². The molecule has 0 atom stereocenters. The highest BCUT2D eigenvalue weighted by Crippen LogP contribution is 2.52. The van der Waals surface area contributed by atoms with Crippen molar-refractivity contribution in [3.05, 3.63) is 257 Å². The molecule has 11 aromatic carbocycles. The quantitative estimate of drug-likeness (QED) is 0.0873. The van der Waals surface area contributed by atoms with E-state index in [-0.39, 0.29) is 44.5 Å². The van der Waals surface area contributed by atoms with E-state index >= 15 is 35.1 Å². The summed E-state index contributed by atoms with van der Waals surface area (Å²) < 4.78 is 180. The van der Waals surface area contributed by atoms with Gasteiger partial charge < -0.3 is 9.38 Å². The third-order valence-corrected chi connectivity index (χ3v) is 16.1. The molecule has 1 fully saturated rings. The molecule has 0 N–H and O–H groups in total. The smallest absolute Gasteiger partial charge is 0.194 e. The van der Waals surface area contributed by atoms with E-state index in [1.807, 2.05) is 91.0 Å². The lowest BCUT2D eigenvalue weighted by atomic mass is 9.81. The van der Waals surface area contributed by atoms with E-state index in [0.29, 0.717) is 66.0 Å². The van der Waals surface area contributed by atoms with Crippen molar-refractivity contribution in [3.8, 4) is 77.9 Å². The molecule has 2 heterocycles. The van der Waals surface area contributed by atoms with Crippen LogP contribution in [0.3, 0.4) is 0 Å². The highest BCUT2D eigenvalue weighted by Gasteiger charge is 2.41. The molecule has 0 unspecified atom stereocenters. The molecule has 1 spiro atoms. The van der Waals surface area contributed by atoms with Crippen LogP contribution in [0.2, 0.25) is 0 Å². The number of rotatable bonds is 7. The monoisotopic (exact) mass is 1110 g/mol. The lowest BCUT2D eigenvalue weighted by Gasteiger charge is -2.45. The van der Waals surface area contributed by atoms with Gasteiger partial charge in [-0.15, -0.1) is 0 Å². The van der Waals surface area contributed by atoms with E-state index in [0.717, 1.165) is 98.0 Å². The van der Waals surface area contributed by atoms with E-state index in [1.54, 1.807) is 24.3 Å². The zero-order valence-electron chi connectivity index (χ0n) is 42.9. The van der Waals surface area contributed by atoms with Crippen molar-refractivity contribution >= 4 is 27.2 Å². The Kier molecular flexibility index (Phi) is 12.8. The molecular weight excluding hydrogens is 1070 g/mol. The van der Waals surface area contributed by atoms with Crippen LogP contribution >= 0.6 is 0 Å². The van der Waals surface area contributed by atoms with Gasteiger partial charge >= 0.3 is 0 Å². The van der Waals surface area contributed by atoms with Gasteiger partial charge in [0, 0.05) is 27.9 Å². The van der Waals surface area contributed by atoms with Crippen LogP contribution in [0.25, 0.3) is 99.4 Å². The maximum Gasteiger partial charge on any atom is 0.194 e. The van der Waals surface area contributed by atoms with Crippen LogP contribution < -0.4 is 4.90 Å². The number of benzene rings is 11. The molecule has 0 bridgehead atoms. The van der Waals surface area contributed by atoms with Gasteiger partial charge in [0.25, 0.3) is 0 Å². The lowest BCUT2D eigenvalue weighted by molar-refractivity contribution is -0.953. The van der Waals surface area contributed by atoms with E-state index in [2.05, 4.69) is 4.90 Å². The third-order valence-electron chi connectivity index (χ3n) is 16.1. The summed E-state index contributed by atoms with van der Waals surface area (Å²) in [4.78, 5) is 2.29. The van der Waals surface area contributed by atoms with E-state index in [9.17, 15) is 17.6 Å². The van der Waals surface area contributed by atoms with Gasteiger partial charge in [0.1, 0.15) is 13.1 Å². The molecule has 0 saturated carbocycles. The molecule has 0 amide bonds. The highest BCUT2D eigenvalue weighted by molar-refractivity contribution is 6.12. The Hall–Kier alpha value is -9.14. The number of hydrogen-bond acceptors (Lipinski definition) is 1. The predicted octanol–water partition coefficient (Wildman–Crippen LogP) is 18.7. The van der Waals surface area contributed by atoms with Gasteiger partial charge in [0.15, 0.2) is 69.8 Å². The summed E-state index contributed by atoms with van der Waals surface area (Å²) in [7, 11) is 0. The Morgan fingerprint density at radius 3 is 0.902 bits per heavy atom. The first kappa shape index (κ1) is 52.2. The molecule has 82 heavy (non-hydrogen) atoms. The second kappa shape index (κ2) is 20.1. The predicted molar refractivity (Wildman–Crippen MR) is 295 cm³/mol. The van der Waals surface area contributed by atoms with Crippen molar-refractivity contribution < 1.29 is 57.2 Å². The molecule has 2 aliphatic rings. The summed E-state index contributed by atoms with van der Waals surface area (Å²) in [6.45, 7) is 2.93. The third kappa shape index (κ3) is 9.11. The molecule has 2 aliphatic heterocycles. The molecule has 11 aromatic rings. The van der Waals surface area contributed by atoms with Crippen molar-refractivity contribution in [2.24, 2.45) is 0 Å². The first-order valence-corrected chi connectivity index (χ1v) is 26.1. The van der Waals surface area contributed by atoms with Crippen LogP contribution in [0.5, 0.6) is 0 Å². The number of para-hydroxylation sites is 1. The minimum absolute atomic E-state index is 0.102. The van der Waals surface area contributed by atoms with Gasteiger partial charge in [-0.1, -0.05) is 66.7 Å². The van der Waals surface area contributed by atoms with Crippen molar-refractivity contribution in [3.63, 3.8) is 0 Å². The average Bonchev–Trinajstić information content (AvgIpc) is 3.89. The molecule has 0 radical (unpaired) electrons. The molecule has 14 heteroatoms. The van der Waals surface area contributed by atoms with Gasteiger partial charge in [-0.3, -0.25) is 0 Å². The van der Waals surface area contributed by atoms with E-state index in [1.165, 1.54) is 12.1 Å². The largest absolute Gasteiger partial charge is 0.360 e. The fraction of sp³-hybridized carbons (Fsp3) is 0.0882. The van der Waals surface area contributed by atoms with Crippen LogP contribution in [0, 0.1) is 69.8 Å². The second-order valence-corrected chi connectivity index (χ2v) is 21.0. The molecular formula is C68H41F12N2+. The average molecular weight is 1110 g/mol. The fourth-order valence-electron chi connectivity index (χ4n) is 12.1. The summed E-state index contributed by atoms with van der Waals surface area (Å²) in [5.74, 6) is -18.6. The first-order valence-electron chi connectivity index (χ1n) is 26.1. The molecule has 2 nitrogen and oxygen atoms in total. The van der Waals surface area contributed by atoms with Gasteiger partial charge in [-0.2, -0.15) is 0 Å². The van der Waals surface area contributed by atoms with Crippen LogP contribution in [-0.2, 0) is 13.1 Å². The van der Waals surface area contributed by atoms with E-state index < -0.39 is 69.8 Å². The number of halogens is 12. The zero-order chi connectivity index (χ0) is 56.9. The first-order chi connectivity index (χ1) is 39.5. The van der Waals surface area contributed by atoms with Gasteiger partial charge in [-0.05, 0) is 198 Å². The van der Waals surface area contributed by atoms with E-state index in [4.69, 9.17) is 0 Å². The Morgan fingerprint density at radius 1 is 0.293 bits per heavy atom. The Balaban J connectivity index is 1.13. The number of fused-ring (bicyclic) bond motifs is 7. The highest BCUT2D eigenvalue weighted by atomic mass is 19.2. The summed E-state index contributed by atoms with van der Waals surface area (Å²) in [5, 5.41) is 3.07. The van der Waals surface area contributed by atoms with Crippen molar-refractivity contribution in [1.82, 2.24) is 0 Å². The minimum Gasteiger partial charge on any atom is -0.360 e. The maximum absolute atomic E-state index is 15.2. The molecule has 406 valence electrons. The van der Waals surface area contributed by atoms with Gasteiger partial charge in [-0.25, -0.2) is 52.7 Å². The summed E-state index contributed by atoms with van der Waals surface area (Å²) >= 11 is 0. The number of nitrogens with zero attached hydrogens (tertiary/aromatic N) is 2. The Morgan fingerprint density at radius 2 is 0.573 bits per heavy atom. The lowest BCUT2D eigenvalue weighted by Crippen LogP contribution is -2.58. The number of piperazine rings is 1. The van der Waals surface area contributed by atoms with Crippen LogP contribution in [-0.4, -0.2) is 30.7 Å². The number of hydrogen-bond donors (Lipinski definition) is 0. The number of anilines is 1. The molecule has 0 aliphatic carbocycles. The SMILES string of the molecule is Fc1cc(-c2cc(-c3cc(F)c(F)c(F)c3)cc(-c3cc4ccccc4c4c3C[N+]3(CCN(c5ccccc5)CC3)Cc3c(-c5cc(-c6cc(F)c(F)c(F)c6)cc(-c6cc(F)c(F)c(F)c6)c5)cc5ccccc5c3-4)c2)cc(F)c1F. The van der Waals surface area contributed by atoms with Crippen molar-refractivity contribution in [1.29, 1.82) is 0 Å². The zero-order valence-corrected chi connectivity index (χ0v) is 42.9. The standard InChI is InChI=1S/C68H41F12N2/c69-55-26-42(27-56(70)65(55)77)38-18-39(43-28-57(71)66(78)58(72)29-43)21-46(20-38)51-24-36-8-4-6-12-49(36)63-53(51)34-82(16-14-81(15-17-82)48-10-2-1-3-11-48)35-54-52(25-37-9-5-7-13-50(37)64(54)63)47-22-40(44-30-59(73)67(79)60(74)31-44)19-41(23-47)45-32-61(75)68(80)62(76)33-45/h1-13,18-33H,14-17,34-35H2/q+1. The van der Waals surface area contributed by atoms with Crippen LogP contribution in [0.4, 0.5) is 58.4 Å². The second-order valence-electron chi connectivity index (χ2n) is 21.0. The summed E-state index contributed by atoms with van der Waals surface area (Å²) in [6.07, 6.45) is 0. The summed E-state index contributed by atoms with van der Waals surface area (Å²) in [6, 6.07) is 45.2. The molecule has 13 rings (SSSR count). The summed E-state index contributed by atoms with van der Waals surface area (Å²) in [5.41, 5.74) is 6.34. The molecule has 1 saturated heterocycles. The van der Waals surface area contributed by atoms with Crippen molar-refractivity contribution in [2.75, 3.05) is 31.1 Å². The number of quaternary nitrogens is 1. The maximum atomic E-state index is 15.2. The normalized spacial score (nSPS) is 13.9. The minimum atomic E-state index is -1.70. The fourth-order valence-corrected chi connectivity index (χ4v) is 12.1. The van der Waals surface area contributed by atoms with Crippen molar-refractivity contribution in [2.45, 2.75) is 13.1 Å². The van der Waals surface area contributed by atoms with Crippen LogP contribution in [0.15, 0.2) is 176 Å². The van der Waals surface area contributed by atoms with Crippen LogP contribution in [0.1, 0.15) is 11.1 Å².